The first-order chi connectivity index (χ1) is 5.74. The zero-order chi connectivity index (χ0) is 8.97. The van der Waals surface area contributed by atoms with E-state index in [9.17, 15) is 0 Å². The van der Waals surface area contributed by atoms with Crippen LogP contribution >= 0.6 is 0 Å². The molecule has 1 aliphatic carbocycles. The van der Waals surface area contributed by atoms with Gasteiger partial charge in [0.05, 0.1) is 0 Å². The van der Waals surface area contributed by atoms with Crippen LogP contribution in [-0.4, -0.2) is 0 Å². The molecule has 66 valence electrons. The molecular formula is C11H17N. The van der Waals surface area contributed by atoms with Gasteiger partial charge in [0.25, 0.3) is 0 Å². The maximum atomic E-state index is 5.47. The van der Waals surface area contributed by atoms with Gasteiger partial charge in [-0.15, -0.1) is 0 Å². The van der Waals surface area contributed by atoms with Crippen molar-refractivity contribution < 1.29 is 0 Å². The molecule has 0 aromatic carbocycles. The zero-order valence-electron chi connectivity index (χ0n) is 7.93. The molecule has 0 radical (unpaired) electrons. The Bertz CT molecular complexity index is 244. The Balaban J connectivity index is 2.83. The molecule has 2 N–H and O–H groups in total. The maximum Gasteiger partial charge on any atom is -0.00297 e. The van der Waals surface area contributed by atoms with Gasteiger partial charge >= 0.3 is 0 Å². The Kier molecular flexibility index (Phi) is 3.15. The van der Waals surface area contributed by atoms with Gasteiger partial charge in [-0.05, 0) is 44.9 Å². The van der Waals surface area contributed by atoms with Gasteiger partial charge in [-0.3, -0.25) is 0 Å². The van der Waals surface area contributed by atoms with Crippen molar-refractivity contribution in [2.24, 2.45) is 5.73 Å². The van der Waals surface area contributed by atoms with Crippen LogP contribution < -0.4 is 5.73 Å². The van der Waals surface area contributed by atoms with Crippen LogP contribution in [0.5, 0.6) is 0 Å². The van der Waals surface area contributed by atoms with Crippen molar-refractivity contribution in [3.8, 4) is 0 Å². The maximum absolute atomic E-state index is 5.47. The standard InChI is InChI=1S/C11H17N/c1-9-4-3-5-11(8-12)7-6-10(9)2/h6-8H,3-5,12H2,1-2H3/b7-6-,10-9-,11-8-. The van der Waals surface area contributed by atoms with E-state index >= 15 is 0 Å². The Labute approximate surface area is 74.7 Å². The lowest BCUT2D eigenvalue weighted by Crippen LogP contribution is -1.92. The number of hydrogen-bond acceptors (Lipinski definition) is 1. The molecule has 1 aliphatic rings. The first kappa shape index (κ1) is 9.11. The van der Waals surface area contributed by atoms with E-state index in [0.29, 0.717) is 0 Å². The highest BCUT2D eigenvalue weighted by Crippen LogP contribution is 2.19. The molecule has 1 heteroatoms. The highest BCUT2D eigenvalue weighted by Gasteiger charge is 2.00. The van der Waals surface area contributed by atoms with E-state index in [1.165, 1.54) is 29.6 Å². The average molecular weight is 163 g/mol. The number of hydrogen-bond donors (Lipinski definition) is 1. The minimum Gasteiger partial charge on any atom is -0.404 e. The second kappa shape index (κ2) is 4.15. The Morgan fingerprint density at radius 2 is 2.00 bits per heavy atom. The average Bonchev–Trinajstić information content (AvgIpc) is 2.07. The van der Waals surface area contributed by atoms with E-state index in [-0.39, 0.29) is 0 Å². The molecule has 1 rings (SSSR count). The van der Waals surface area contributed by atoms with E-state index in [4.69, 9.17) is 5.73 Å². The lowest BCUT2D eigenvalue weighted by Gasteiger charge is -2.09. The van der Waals surface area contributed by atoms with Crippen LogP contribution in [0.25, 0.3) is 0 Å². The minimum atomic E-state index is 1.11. The third-order valence-corrected chi connectivity index (χ3v) is 2.45. The van der Waals surface area contributed by atoms with Crippen LogP contribution in [-0.2, 0) is 0 Å². The third kappa shape index (κ3) is 2.26. The highest BCUT2D eigenvalue weighted by molar-refractivity contribution is 5.30. The SMILES string of the molecule is CC1=C(\C)CCCC(=C/N)/C=C\1. The summed E-state index contributed by atoms with van der Waals surface area (Å²) in [5.74, 6) is 0. The summed E-state index contributed by atoms with van der Waals surface area (Å²) in [5.41, 5.74) is 9.61. The molecule has 0 spiro atoms. The Hall–Kier alpha value is -0.980. The van der Waals surface area contributed by atoms with E-state index < -0.39 is 0 Å². The molecule has 0 unspecified atom stereocenters. The molecule has 0 fully saturated rings. The zero-order valence-corrected chi connectivity index (χ0v) is 7.93. The molecule has 0 heterocycles. The van der Waals surface area contributed by atoms with E-state index in [1.54, 1.807) is 6.20 Å². The van der Waals surface area contributed by atoms with Gasteiger partial charge in [-0.25, -0.2) is 0 Å². The normalized spacial score (nSPS) is 31.3. The summed E-state index contributed by atoms with van der Waals surface area (Å²) in [4.78, 5) is 0. The summed E-state index contributed by atoms with van der Waals surface area (Å²) in [6.07, 6.45) is 9.53. The number of allylic oxidation sites excluding steroid dienone is 5. The summed E-state index contributed by atoms with van der Waals surface area (Å²) in [7, 11) is 0. The molecule has 0 aromatic heterocycles. The number of rotatable bonds is 0. The molecule has 1 nitrogen and oxygen atoms in total. The Morgan fingerprint density at radius 3 is 2.67 bits per heavy atom. The van der Waals surface area contributed by atoms with E-state index in [1.807, 2.05) is 0 Å². The molecular weight excluding hydrogens is 146 g/mol. The molecule has 0 saturated heterocycles. The van der Waals surface area contributed by atoms with Gasteiger partial charge < -0.3 is 5.73 Å². The van der Waals surface area contributed by atoms with Gasteiger partial charge in [0, 0.05) is 0 Å². The summed E-state index contributed by atoms with van der Waals surface area (Å²) in [6, 6.07) is 0. The molecule has 0 saturated carbocycles. The van der Waals surface area contributed by atoms with E-state index in [0.717, 1.165) is 6.42 Å². The van der Waals surface area contributed by atoms with Gasteiger partial charge in [0.1, 0.15) is 0 Å². The fourth-order valence-corrected chi connectivity index (χ4v) is 1.35. The topological polar surface area (TPSA) is 26.0 Å². The summed E-state index contributed by atoms with van der Waals surface area (Å²) >= 11 is 0. The molecule has 0 amide bonds. The van der Waals surface area contributed by atoms with Crippen LogP contribution in [0.4, 0.5) is 0 Å². The van der Waals surface area contributed by atoms with E-state index in [2.05, 4.69) is 26.0 Å². The fourth-order valence-electron chi connectivity index (χ4n) is 1.35. The molecule has 0 aromatic rings. The summed E-state index contributed by atoms with van der Waals surface area (Å²) in [5, 5.41) is 0. The Morgan fingerprint density at radius 1 is 1.25 bits per heavy atom. The van der Waals surface area contributed by atoms with Crippen LogP contribution in [0.1, 0.15) is 33.1 Å². The summed E-state index contributed by atoms with van der Waals surface area (Å²) < 4.78 is 0. The first-order valence-electron chi connectivity index (χ1n) is 4.49. The summed E-state index contributed by atoms with van der Waals surface area (Å²) in [6.45, 7) is 4.36. The monoisotopic (exact) mass is 163 g/mol. The predicted molar refractivity (Wildman–Crippen MR) is 53.6 cm³/mol. The first-order valence-corrected chi connectivity index (χ1v) is 4.49. The van der Waals surface area contributed by atoms with Crippen LogP contribution in [0.3, 0.4) is 0 Å². The third-order valence-electron chi connectivity index (χ3n) is 2.45. The highest BCUT2D eigenvalue weighted by atomic mass is 14.5. The molecule has 0 bridgehead atoms. The second-order valence-corrected chi connectivity index (χ2v) is 3.39. The van der Waals surface area contributed by atoms with Crippen molar-refractivity contribution in [1.29, 1.82) is 0 Å². The lowest BCUT2D eigenvalue weighted by atomic mass is 9.98. The van der Waals surface area contributed by atoms with Crippen LogP contribution in [0, 0.1) is 0 Å². The van der Waals surface area contributed by atoms with Crippen molar-refractivity contribution in [2.45, 2.75) is 33.1 Å². The molecule has 12 heavy (non-hydrogen) atoms. The largest absolute Gasteiger partial charge is 0.404 e. The van der Waals surface area contributed by atoms with Crippen molar-refractivity contribution in [3.05, 3.63) is 35.1 Å². The van der Waals surface area contributed by atoms with Gasteiger partial charge in [-0.1, -0.05) is 23.3 Å². The van der Waals surface area contributed by atoms with Crippen LogP contribution in [0.15, 0.2) is 35.1 Å². The smallest absolute Gasteiger partial charge is 0.00297 e. The fraction of sp³-hybridized carbons (Fsp3) is 0.455. The quantitative estimate of drug-likeness (QED) is 0.584. The second-order valence-electron chi connectivity index (χ2n) is 3.39. The minimum absolute atomic E-state index is 1.11. The molecule has 0 aliphatic heterocycles. The van der Waals surface area contributed by atoms with Crippen molar-refractivity contribution in [2.75, 3.05) is 0 Å². The van der Waals surface area contributed by atoms with Crippen LogP contribution in [0.2, 0.25) is 0 Å². The number of nitrogens with two attached hydrogens (primary N) is 1. The van der Waals surface area contributed by atoms with Gasteiger partial charge in [0.15, 0.2) is 0 Å². The van der Waals surface area contributed by atoms with Crippen molar-refractivity contribution >= 4 is 0 Å². The van der Waals surface area contributed by atoms with Crippen molar-refractivity contribution in [3.63, 3.8) is 0 Å². The molecule has 0 atom stereocenters. The lowest BCUT2D eigenvalue weighted by molar-refractivity contribution is 0.802. The van der Waals surface area contributed by atoms with Gasteiger partial charge in [0.2, 0.25) is 0 Å². The van der Waals surface area contributed by atoms with Gasteiger partial charge in [-0.2, -0.15) is 0 Å². The predicted octanol–water partition coefficient (Wildman–Crippen LogP) is 2.91. The van der Waals surface area contributed by atoms with Crippen molar-refractivity contribution in [1.82, 2.24) is 0 Å².